The van der Waals surface area contributed by atoms with Gasteiger partial charge in [0, 0.05) is 34.8 Å². The summed E-state index contributed by atoms with van der Waals surface area (Å²) in [6, 6.07) is 2.24. The molecule has 3 N–H and O–H groups in total. The number of aromatic nitrogens is 2. The van der Waals surface area contributed by atoms with Crippen molar-refractivity contribution in [1.82, 2.24) is 14.9 Å². The molecule has 1 aliphatic heterocycles. The number of rotatable bonds is 8. The van der Waals surface area contributed by atoms with Crippen molar-refractivity contribution < 1.29 is 0 Å². The minimum Gasteiger partial charge on any atom is -0.363 e. The lowest BCUT2D eigenvalue weighted by molar-refractivity contribution is 0.0934. The highest BCUT2D eigenvalue weighted by atomic mass is 35.5. The molecular weight excluding hydrogens is 370 g/mol. The zero-order valence-corrected chi connectivity index (χ0v) is 18.2. The van der Waals surface area contributed by atoms with E-state index in [1.807, 2.05) is 6.08 Å². The molecule has 3 rings (SSSR count). The number of nitrogens with zero attached hydrogens (tertiary/aromatic N) is 3. The monoisotopic (exact) mass is 401 g/mol. The van der Waals surface area contributed by atoms with E-state index < -0.39 is 0 Å². The van der Waals surface area contributed by atoms with Gasteiger partial charge in [0.1, 0.15) is 0 Å². The molecule has 0 saturated heterocycles. The molecule has 0 bridgehead atoms. The molecule has 0 aromatic carbocycles. The molecule has 0 amide bonds. The SMILES string of the molecule is CCCN(CCC)C(C)(CC)c1cc(-c2c(Cl)cnc3c2C=CCN3N)c[nH]1. The van der Waals surface area contributed by atoms with E-state index in [-0.39, 0.29) is 5.54 Å². The van der Waals surface area contributed by atoms with E-state index in [0.717, 1.165) is 54.9 Å². The van der Waals surface area contributed by atoms with Gasteiger partial charge in [-0.05, 0) is 45.3 Å². The highest BCUT2D eigenvalue weighted by Crippen LogP contribution is 2.40. The van der Waals surface area contributed by atoms with E-state index in [2.05, 4.69) is 60.9 Å². The van der Waals surface area contributed by atoms with Gasteiger partial charge in [-0.1, -0.05) is 44.5 Å². The van der Waals surface area contributed by atoms with Gasteiger partial charge < -0.3 is 4.98 Å². The predicted octanol–water partition coefficient (Wildman–Crippen LogP) is 5.18. The van der Waals surface area contributed by atoms with Crippen LogP contribution in [0.3, 0.4) is 0 Å². The molecule has 0 fully saturated rings. The molecule has 3 heterocycles. The zero-order valence-electron chi connectivity index (χ0n) is 17.4. The van der Waals surface area contributed by atoms with Crippen LogP contribution in [0.15, 0.2) is 24.5 Å². The fourth-order valence-electron chi connectivity index (χ4n) is 4.12. The molecule has 0 spiro atoms. The van der Waals surface area contributed by atoms with E-state index in [0.29, 0.717) is 11.6 Å². The van der Waals surface area contributed by atoms with Crippen molar-refractivity contribution in [2.75, 3.05) is 24.6 Å². The van der Waals surface area contributed by atoms with E-state index in [1.165, 1.54) is 5.69 Å². The van der Waals surface area contributed by atoms with Crippen LogP contribution in [-0.2, 0) is 5.54 Å². The first-order valence-electron chi connectivity index (χ1n) is 10.3. The Morgan fingerprint density at radius 1 is 1.29 bits per heavy atom. The molecule has 6 heteroatoms. The number of nitrogens with two attached hydrogens (primary N) is 1. The largest absolute Gasteiger partial charge is 0.363 e. The highest BCUT2D eigenvalue weighted by molar-refractivity contribution is 6.33. The number of H-pyrrole nitrogens is 1. The van der Waals surface area contributed by atoms with Crippen LogP contribution < -0.4 is 10.9 Å². The number of pyridine rings is 1. The summed E-state index contributed by atoms with van der Waals surface area (Å²) in [7, 11) is 0. The van der Waals surface area contributed by atoms with Gasteiger partial charge in [-0.15, -0.1) is 0 Å². The Morgan fingerprint density at radius 2 is 2.00 bits per heavy atom. The summed E-state index contributed by atoms with van der Waals surface area (Å²) < 4.78 is 0. The van der Waals surface area contributed by atoms with Crippen molar-refractivity contribution in [3.05, 3.63) is 40.8 Å². The van der Waals surface area contributed by atoms with Crippen LogP contribution >= 0.6 is 11.6 Å². The van der Waals surface area contributed by atoms with Crippen LogP contribution in [0.4, 0.5) is 5.82 Å². The summed E-state index contributed by atoms with van der Waals surface area (Å²) >= 11 is 6.58. The number of hydrogen-bond donors (Lipinski definition) is 2. The molecule has 5 nitrogen and oxygen atoms in total. The van der Waals surface area contributed by atoms with Crippen LogP contribution in [-0.4, -0.2) is 34.5 Å². The number of hydrogen-bond acceptors (Lipinski definition) is 4. The van der Waals surface area contributed by atoms with Crippen molar-refractivity contribution in [3.8, 4) is 11.1 Å². The number of hydrazine groups is 1. The molecule has 152 valence electrons. The maximum Gasteiger partial charge on any atom is 0.150 e. The third kappa shape index (κ3) is 3.71. The van der Waals surface area contributed by atoms with Crippen LogP contribution in [0.25, 0.3) is 17.2 Å². The first-order valence-corrected chi connectivity index (χ1v) is 10.7. The van der Waals surface area contributed by atoms with E-state index >= 15 is 0 Å². The smallest absolute Gasteiger partial charge is 0.150 e. The second-order valence-electron chi connectivity index (χ2n) is 7.69. The second-order valence-corrected chi connectivity index (χ2v) is 8.10. The molecule has 0 saturated carbocycles. The van der Waals surface area contributed by atoms with Gasteiger partial charge >= 0.3 is 0 Å². The number of fused-ring (bicyclic) bond motifs is 1. The molecule has 1 aliphatic rings. The summed E-state index contributed by atoms with van der Waals surface area (Å²) in [5.74, 6) is 6.87. The lowest BCUT2D eigenvalue weighted by atomic mass is 9.90. The van der Waals surface area contributed by atoms with Crippen LogP contribution in [0.1, 0.15) is 58.2 Å². The molecule has 2 aromatic rings. The number of halogens is 1. The lowest BCUT2D eigenvalue weighted by Gasteiger charge is -2.40. The minimum atomic E-state index is -0.0421. The van der Waals surface area contributed by atoms with Crippen molar-refractivity contribution in [2.24, 2.45) is 5.84 Å². The molecule has 0 radical (unpaired) electrons. The topological polar surface area (TPSA) is 61.2 Å². The Kier molecular flexibility index (Phi) is 6.48. The van der Waals surface area contributed by atoms with Gasteiger partial charge in [0.15, 0.2) is 5.82 Å². The predicted molar refractivity (Wildman–Crippen MR) is 119 cm³/mol. The molecule has 0 aliphatic carbocycles. The lowest BCUT2D eigenvalue weighted by Crippen LogP contribution is -2.44. The van der Waals surface area contributed by atoms with Crippen molar-refractivity contribution >= 4 is 23.5 Å². The Hall–Kier alpha value is -1.82. The maximum atomic E-state index is 6.58. The summed E-state index contributed by atoms with van der Waals surface area (Å²) in [4.78, 5) is 10.6. The molecular formula is C22H32ClN5. The van der Waals surface area contributed by atoms with Crippen molar-refractivity contribution in [2.45, 2.75) is 52.5 Å². The number of anilines is 1. The fraction of sp³-hybridized carbons (Fsp3) is 0.500. The number of nitrogens with one attached hydrogen (secondary N) is 1. The van der Waals surface area contributed by atoms with Gasteiger partial charge in [-0.2, -0.15) is 0 Å². The van der Waals surface area contributed by atoms with Gasteiger partial charge in [-0.3, -0.25) is 9.91 Å². The van der Waals surface area contributed by atoms with E-state index in [1.54, 1.807) is 11.2 Å². The van der Waals surface area contributed by atoms with Gasteiger partial charge in [-0.25, -0.2) is 10.8 Å². The van der Waals surface area contributed by atoms with Gasteiger partial charge in [0.05, 0.1) is 17.1 Å². The Bertz CT molecular complexity index is 837. The summed E-state index contributed by atoms with van der Waals surface area (Å²) in [5.41, 5.74) is 4.21. The minimum absolute atomic E-state index is 0.0421. The molecule has 1 unspecified atom stereocenters. The first-order chi connectivity index (χ1) is 13.5. The fourth-order valence-corrected chi connectivity index (χ4v) is 4.38. The average molecular weight is 402 g/mol. The Balaban J connectivity index is 2.05. The summed E-state index contributed by atoms with van der Waals surface area (Å²) in [5, 5.41) is 2.30. The van der Waals surface area contributed by atoms with Crippen LogP contribution in [0.2, 0.25) is 5.02 Å². The summed E-state index contributed by atoms with van der Waals surface area (Å²) in [6.45, 7) is 11.9. The highest BCUT2D eigenvalue weighted by Gasteiger charge is 2.33. The average Bonchev–Trinajstić information content (AvgIpc) is 3.17. The van der Waals surface area contributed by atoms with Gasteiger partial charge in [0.25, 0.3) is 0 Å². The first kappa shape index (κ1) is 20.9. The van der Waals surface area contributed by atoms with Crippen molar-refractivity contribution in [3.63, 3.8) is 0 Å². The summed E-state index contributed by atoms with van der Waals surface area (Å²) in [6.07, 6.45) is 11.2. The Labute approximate surface area is 173 Å². The molecule has 2 aromatic heterocycles. The van der Waals surface area contributed by atoms with Crippen molar-refractivity contribution in [1.29, 1.82) is 0 Å². The third-order valence-electron chi connectivity index (χ3n) is 5.83. The normalized spacial score (nSPS) is 15.8. The standard InChI is InChI=1S/C22H32ClN5/c1-5-10-27(11-6-2)22(4,7-3)19-13-16(14-25-19)20-17-9-8-12-28(24)21(17)26-15-18(20)23/h8-9,13-15,25H,5-7,10-12,24H2,1-4H3. The quantitative estimate of drug-likeness (QED) is 0.598. The van der Waals surface area contributed by atoms with E-state index in [4.69, 9.17) is 17.4 Å². The van der Waals surface area contributed by atoms with Crippen LogP contribution in [0.5, 0.6) is 0 Å². The van der Waals surface area contributed by atoms with E-state index in [9.17, 15) is 0 Å². The van der Waals surface area contributed by atoms with Gasteiger partial charge in [0.2, 0.25) is 0 Å². The Morgan fingerprint density at radius 3 is 2.64 bits per heavy atom. The van der Waals surface area contributed by atoms with Crippen LogP contribution in [0, 0.1) is 0 Å². The molecule has 1 atom stereocenters. The second kappa shape index (κ2) is 8.68. The third-order valence-corrected chi connectivity index (χ3v) is 6.12. The number of aromatic amines is 1. The zero-order chi connectivity index (χ0) is 20.3. The maximum absolute atomic E-state index is 6.58. The molecule has 28 heavy (non-hydrogen) atoms.